The minimum absolute atomic E-state index is 0.176. The van der Waals surface area contributed by atoms with Crippen LogP contribution in [0.5, 0.6) is 5.75 Å². The standard InChI is InChI=1S/C13H21NO2/c1-5-16-9-12(14-3)11-7-6-10(2)8-13(11)15-4/h6-8,12,14H,5,9H2,1-4H3. The molecule has 1 atom stereocenters. The van der Waals surface area contributed by atoms with E-state index in [1.807, 2.05) is 20.0 Å². The molecule has 3 heteroatoms. The van der Waals surface area contributed by atoms with Crippen LogP contribution in [0.1, 0.15) is 24.1 Å². The molecule has 0 amide bonds. The van der Waals surface area contributed by atoms with Crippen LogP contribution in [0, 0.1) is 6.92 Å². The lowest BCUT2D eigenvalue weighted by Crippen LogP contribution is -2.22. The van der Waals surface area contributed by atoms with Crippen LogP contribution in [0.25, 0.3) is 0 Å². The maximum Gasteiger partial charge on any atom is 0.123 e. The van der Waals surface area contributed by atoms with Gasteiger partial charge < -0.3 is 14.8 Å². The number of nitrogens with one attached hydrogen (secondary N) is 1. The van der Waals surface area contributed by atoms with Crippen LogP contribution < -0.4 is 10.1 Å². The largest absolute Gasteiger partial charge is 0.496 e. The summed E-state index contributed by atoms with van der Waals surface area (Å²) in [5.74, 6) is 0.916. The van der Waals surface area contributed by atoms with Gasteiger partial charge in [0.15, 0.2) is 0 Å². The molecule has 0 bridgehead atoms. The smallest absolute Gasteiger partial charge is 0.123 e. The number of rotatable bonds is 6. The molecule has 0 aliphatic heterocycles. The summed E-state index contributed by atoms with van der Waals surface area (Å²) < 4.78 is 10.8. The van der Waals surface area contributed by atoms with Crippen molar-refractivity contribution in [1.82, 2.24) is 5.32 Å². The number of hydrogen-bond donors (Lipinski definition) is 1. The van der Waals surface area contributed by atoms with Crippen molar-refractivity contribution in [2.24, 2.45) is 0 Å². The molecule has 3 nitrogen and oxygen atoms in total. The number of benzene rings is 1. The van der Waals surface area contributed by atoms with Crippen molar-refractivity contribution in [3.05, 3.63) is 29.3 Å². The Morgan fingerprint density at radius 2 is 2.12 bits per heavy atom. The molecule has 90 valence electrons. The Morgan fingerprint density at radius 3 is 2.69 bits per heavy atom. The molecular weight excluding hydrogens is 202 g/mol. The van der Waals surface area contributed by atoms with Gasteiger partial charge in [-0.25, -0.2) is 0 Å². The minimum atomic E-state index is 0.176. The highest BCUT2D eigenvalue weighted by Gasteiger charge is 2.14. The summed E-state index contributed by atoms with van der Waals surface area (Å²) in [4.78, 5) is 0. The van der Waals surface area contributed by atoms with E-state index in [4.69, 9.17) is 9.47 Å². The van der Waals surface area contributed by atoms with Crippen LogP contribution in [0.15, 0.2) is 18.2 Å². The SMILES string of the molecule is CCOCC(NC)c1ccc(C)cc1OC. The average molecular weight is 223 g/mol. The number of likely N-dealkylation sites (N-methyl/N-ethyl adjacent to an activating group) is 1. The monoisotopic (exact) mass is 223 g/mol. The molecule has 1 N–H and O–H groups in total. The molecule has 0 aliphatic rings. The van der Waals surface area contributed by atoms with E-state index in [1.165, 1.54) is 5.56 Å². The summed E-state index contributed by atoms with van der Waals surface area (Å²) in [6.07, 6.45) is 0. The molecule has 0 saturated heterocycles. The van der Waals surface area contributed by atoms with Crippen molar-refractivity contribution in [2.75, 3.05) is 27.4 Å². The van der Waals surface area contributed by atoms with Crippen molar-refractivity contribution in [3.63, 3.8) is 0 Å². The number of hydrogen-bond acceptors (Lipinski definition) is 3. The van der Waals surface area contributed by atoms with Crippen molar-refractivity contribution < 1.29 is 9.47 Å². The first-order valence-electron chi connectivity index (χ1n) is 5.62. The van der Waals surface area contributed by atoms with Crippen molar-refractivity contribution in [3.8, 4) is 5.75 Å². The number of methoxy groups -OCH3 is 1. The second kappa shape index (κ2) is 6.51. The molecule has 0 fully saturated rings. The number of ether oxygens (including phenoxy) is 2. The van der Waals surface area contributed by atoms with Gasteiger partial charge in [0, 0.05) is 12.2 Å². The molecule has 0 radical (unpaired) electrons. The van der Waals surface area contributed by atoms with Gasteiger partial charge in [-0.1, -0.05) is 12.1 Å². The third-order valence-electron chi connectivity index (χ3n) is 2.60. The third-order valence-corrected chi connectivity index (χ3v) is 2.60. The molecule has 16 heavy (non-hydrogen) atoms. The van der Waals surface area contributed by atoms with Gasteiger partial charge in [-0.05, 0) is 32.5 Å². The van der Waals surface area contributed by atoms with E-state index in [2.05, 4.69) is 24.4 Å². The lowest BCUT2D eigenvalue weighted by atomic mass is 10.0. The van der Waals surface area contributed by atoms with Crippen molar-refractivity contribution >= 4 is 0 Å². The Bertz CT molecular complexity index is 326. The molecule has 0 aliphatic carbocycles. The maximum absolute atomic E-state index is 5.45. The van der Waals surface area contributed by atoms with E-state index in [0.29, 0.717) is 6.61 Å². The van der Waals surface area contributed by atoms with Crippen LogP contribution in [-0.4, -0.2) is 27.4 Å². The maximum atomic E-state index is 5.45. The summed E-state index contributed by atoms with van der Waals surface area (Å²) in [5, 5.41) is 3.24. The van der Waals surface area contributed by atoms with E-state index in [0.717, 1.165) is 17.9 Å². The Hall–Kier alpha value is -1.06. The first-order valence-corrected chi connectivity index (χ1v) is 5.62. The lowest BCUT2D eigenvalue weighted by molar-refractivity contribution is 0.124. The third kappa shape index (κ3) is 3.22. The van der Waals surface area contributed by atoms with Gasteiger partial charge in [0.1, 0.15) is 5.75 Å². The zero-order valence-electron chi connectivity index (χ0n) is 10.5. The highest BCUT2D eigenvalue weighted by atomic mass is 16.5. The lowest BCUT2D eigenvalue weighted by Gasteiger charge is -2.19. The molecular formula is C13H21NO2. The van der Waals surface area contributed by atoms with Gasteiger partial charge in [-0.2, -0.15) is 0 Å². The van der Waals surface area contributed by atoms with Crippen LogP contribution >= 0.6 is 0 Å². The summed E-state index contributed by atoms with van der Waals surface area (Å²) in [5.41, 5.74) is 2.34. The van der Waals surface area contributed by atoms with E-state index >= 15 is 0 Å². The first kappa shape index (κ1) is 13.0. The molecule has 0 heterocycles. The fourth-order valence-corrected chi connectivity index (χ4v) is 1.67. The highest BCUT2D eigenvalue weighted by molar-refractivity contribution is 5.39. The van der Waals surface area contributed by atoms with E-state index in [-0.39, 0.29) is 6.04 Å². The molecule has 0 saturated carbocycles. The van der Waals surface area contributed by atoms with Crippen LogP contribution in [0.4, 0.5) is 0 Å². The minimum Gasteiger partial charge on any atom is -0.496 e. The fourth-order valence-electron chi connectivity index (χ4n) is 1.67. The van der Waals surface area contributed by atoms with Crippen molar-refractivity contribution in [1.29, 1.82) is 0 Å². The van der Waals surface area contributed by atoms with Gasteiger partial charge in [-0.3, -0.25) is 0 Å². The molecule has 0 spiro atoms. The van der Waals surface area contributed by atoms with Crippen LogP contribution in [0.3, 0.4) is 0 Å². The zero-order chi connectivity index (χ0) is 12.0. The first-order chi connectivity index (χ1) is 7.72. The summed E-state index contributed by atoms with van der Waals surface area (Å²) >= 11 is 0. The Balaban J connectivity index is 2.90. The summed E-state index contributed by atoms with van der Waals surface area (Å²) in [6.45, 7) is 5.45. The van der Waals surface area contributed by atoms with Gasteiger partial charge in [0.05, 0.1) is 19.8 Å². The van der Waals surface area contributed by atoms with E-state index in [1.54, 1.807) is 7.11 Å². The highest BCUT2D eigenvalue weighted by Crippen LogP contribution is 2.26. The Morgan fingerprint density at radius 1 is 1.38 bits per heavy atom. The molecule has 1 aromatic rings. The summed E-state index contributed by atoms with van der Waals surface area (Å²) in [7, 11) is 3.63. The van der Waals surface area contributed by atoms with Gasteiger partial charge in [0.2, 0.25) is 0 Å². The number of aryl methyl sites for hydroxylation is 1. The summed E-state index contributed by atoms with van der Waals surface area (Å²) in [6, 6.07) is 6.41. The fraction of sp³-hybridized carbons (Fsp3) is 0.538. The van der Waals surface area contributed by atoms with Crippen molar-refractivity contribution in [2.45, 2.75) is 19.9 Å². The second-order valence-corrected chi connectivity index (χ2v) is 3.75. The van der Waals surface area contributed by atoms with E-state index < -0.39 is 0 Å². The Labute approximate surface area is 97.8 Å². The van der Waals surface area contributed by atoms with Crippen LogP contribution in [0.2, 0.25) is 0 Å². The van der Waals surface area contributed by atoms with Gasteiger partial charge >= 0.3 is 0 Å². The molecule has 1 rings (SSSR count). The second-order valence-electron chi connectivity index (χ2n) is 3.75. The average Bonchev–Trinajstić information content (AvgIpc) is 2.31. The normalized spacial score (nSPS) is 12.5. The van der Waals surface area contributed by atoms with Gasteiger partial charge in [-0.15, -0.1) is 0 Å². The quantitative estimate of drug-likeness (QED) is 0.802. The van der Waals surface area contributed by atoms with Gasteiger partial charge in [0.25, 0.3) is 0 Å². The molecule has 0 aromatic heterocycles. The molecule has 1 unspecified atom stereocenters. The predicted molar refractivity (Wildman–Crippen MR) is 66.0 cm³/mol. The van der Waals surface area contributed by atoms with E-state index in [9.17, 15) is 0 Å². The van der Waals surface area contributed by atoms with Crippen LogP contribution in [-0.2, 0) is 4.74 Å². The topological polar surface area (TPSA) is 30.5 Å². The Kier molecular flexibility index (Phi) is 5.29. The zero-order valence-corrected chi connectivity index (χ0v) is 10.5. The molecule has 1 aromatic carbocycles. The predicted octanol–water partition coefficient (Wildman–Crippen LogP) is 2.30.